The van der Waals surface area contributed by atoms with Gasteiger partial charge in [0.1, 0.15) is 12.4 Å². The molecular weight excluding hydrogens is 871 g/mol. The van der Waals surface area contributed by atoms with Gasteiger partial charge in [-0.2, -0.15) is 26.3 Å². The first kappa shape index (κ1) is 41.8. The summed E-state index contributed by atoms with van der Waals surface area (Å²) in [6.45, 7) is -0.981. The number of fused-ring (bicyclic) bond motifs is 1. The number of anilines is 1. The van der Waals surface area contributed by atoms with E-state index in [-0.39, 0.29) is 49.0 Å². The van der Waals surface area contributed by atoms with Crippen LogP contribution in [0.15, 0.2) is 102 Å². The number of carbonyl (C=O) groups excluding carboxylic acids is 2. The van der Waals surface area contributed by atoms with Crippen LogP contribution in [-0.4, -0.2) is 53.6 Å². The molecule has 57 heavy (non-hydrogen) atoms. The van der Waals surface area contributed by atoms with Crippen LogP contribution in [0, 0.1) is 21.3 Å². The second-order valence-corrected chi connectivity index (χ2v) is 14.9. The lowest BCUT2D eigenvalue weighted by atomic mass is 9.68. The zero-order valence-corrected chi connectivity index (χ0v) is 32.3. The van der Waals surface area contributed by atoms with Gasteiger partial charge in [-0.1, -0.05) is 54.6 Å². The van der Waals surface area contributed by atoms with Crippen molar-refractivity contribution in [3.8, 4) is 17.2 Å². The smallest absolute Gasteiger partial charge is 0.416 e. The standard InChI is InChI=1S/C42H36F6INO7/c1-56-35-16-23(15-33(49)38(35)53)14-25(24-8-4-2-5-9-24)12-13-34(52)36-26(22-57-30-10-6-3-7-11-30)17-31-37(32(36)21-51)40(55)50(39(31)54)29-19-27(41(43,44)45)18-28(20-29)42(46,47)48/h2-11,14-16,18-20,31-32,34,37,51-53H,12-13,17,21-22H2,1H3/b25-14-/t31-,32+,34-,37-/m1/s1. The topological polar surface area (TPSA) is 117 Å². The summed E-state index contributed by atoms with van der Waals surface area (Å²) < 4.78 is 94.8. The van der Waals surface area contributed by atoms with Gasteiger partial charge < -0.3 is 24.8 Å². The number of halogens is 7. The molecule has 4 aromatic carbocycles. The van der Waals surface area contributed by atoms with Crippen molar-refractivity contribution in [1.29, 1.82) is 0 Å². The number of aliphatic hydroxyl groups is 2. The SMILES string of the molecule is COc1cc(/C=C(/CC[C@@H](O)C2=C(COc3ccccc3)C[C@H]3C(=O)N(c4cc(C(F)(F)F)cc(C(F)(F)F)c4)C(=O)[C@H]3[C@H]2CO)c2ccccc2)cc(I)c1O. The van der Waals surface area contributed by atoms with Crippen molar-refractivity contribution in [2.75, 3.05) is 25.2 Å². The third kappa shape index (κ3) is 9.00. The Bertz CT molecular complexity index is 2160. The number of rotatable bonds is 12. The summed E-state index contributed by atoms with van der Waals surface area (Å²) >= 11 is 1.98. The van der Waals surface area contributed by atoms with E-state index in [9.17, 15) is 51.3 Å². The van der Waals surface area contributed by atoms with Crippen molar-refractivity contribution in [3.05, 3.63) is 128 Å². The minimum atomic E-state index is -5.23. The van der Waals surface area contributed by atoms with Gasteiger partial charge in [0.15, 0.2) is 11.5 Å². The number of alkyl halides is 6. The summed E-state index contributed by atoms with van der Waals surface area (Å²) in [5, 5.41) is 33.3. The van der Waals surface area contributed by atoms with Gasteiger partial charge in [-0.25, -0.2) is 4.90 Å². The van der Waals surface area contributed by atoms with Crippen LogP contribution in [0.2, 0.25) is 0 Å². The first-order chi connectivity index (χ1) is 27.0. The third-order valence-electron chi connectivity index (χ3n) is 10.2. The molecule has 8 nitrogen and oxygen atoms in total. The van der Waals surface area contributed by atoms with Gasteiger partial charge in [-0.3, -0.25) is 9.59 Å². The molecule has 4 atom stereocenters. The number of hydrogen-bond acceptors (Lipinski definition) is 7. The molecule has 0 aromatic heterocycles. The fourth-order valence-electron chi connectivity index (χ4n) is 7.53. The number of aromatic hydroxyl groups is 1. The quantitative estimate of drug-likeness (QED) is 0.0428. The van der Waals surface area contributed by atoms with Crippen molar-refractivity contribution < 1.29 is 60.7 Å². The van der Waals surface area contributed by atoms with Gasteiger partial charge in [0.25, 0.3) is 0 Å². The van der Waals surface area contributed by atoms with Crippen molar-refractivity contribution >= 4 is 51.7 Å². The minimum absolute atomic E-state index is 0.0258. The van der Waals surface area contributed by atoms with E-state index >= 15 is 0 Å². The largest absolute Gasteiger partial charge is 0.504 e. The van der Waals surface area contributed by atoms with Crippen LogP contribution in [0.1, 0.15) is 41.5 Å². The number of hydrogen-bond donors (Lipinski definition) is 3. The van der Waals surface area contributed by atoms with E-state index in [2.05, 4.69) is 0 Å². The van der Waals surface area contributed by atoms with E-state index < -0.39 is 71.4 Å². The number of ether oxygens (including phenoxy) is 2. The highest BCUT2D eigenvalue weighted by Gasteiger charge is 2.56. The van der Waals surface area contributed by atoms with Crippen LogP contribution >= 0.6 is 22.6 Å². The molecule has 0 bridgehead atoms. The van der Waals surface area contributed by atoms with E-state index in [0.29, 0.717) is 37.5 Å². The fourth-order valence-corrected chi connectivity index (χ4v) is 8.16. The molecule has 1 aliphatic heterocycles. The summed E-state index contributed by atoms with van der Waals surface area (Å²) in [7, 11) is 1.42. The van der Waals surface area contributed by atoms with E-state index in [0.717, 1.165) is 11.1 Å². The molecule has 1 saturated heterocycles. The Morgan fingerprint density at radius 2 is 1.53 bits per heavy atom. The summed E-state index contributed by atoms with van der Waals surface area (Å²) in [5.74, 6) is -5.41. The summed E-state index contributed by atoms with van der Waals surface area (Å²) in [6.07, 6.45) is -9.91. The van der Waals surface area contributed by atoms with Crippen LogP contribution in [0.3, 0.4) is 0 Å². The number of para-hydroxylation sites is 1. The molecule has 3 N–H and O–H groups in total. The number of allylic oxidation sites excluding steroid dienone is 1. The van der Waals surface area contributed by atoms with Gasteiger partial charge in [-0.05, 0) is 112 Å². The Morgan fingerprint density at radius 1 is 0.912 bits per heavy atom. The maximum Gasteiger partial charge on any atom is 0.416 e. The monoisotopic (exact) mass is 907 g/mol. The number of carbonyl (C=O) groups is 2. The van der Waals surface area contributed by atoms with Gasteiger partial charge >= 0.3 is 12.4 Å². The number of imide groups is 1. The van der Waals surface area contributed by atoms with Crippen LogP contribution in [0.4, 0.5) is 32.0 Å². The van der Waals surface area contributed by atoms with E-state index in [1.807, 2.05) is 59.0 Å². The highest BCUT2D eigenvalue weighted by Crippen LogP contribution is 2.49. The first-order valence-electron chi connectivity index (χ1n) is 17.7. The number of amides is 2. The van der Waals surface area contributed by atoms with E-state index in [1.54, 1.807) is 42.5 Å². The van der Waals surface area contributed by atoms with Gasteiger partial charge in [0, 0.05) is 5.92 Å². The molecule has 4 aromatic rings. The maximum absolute atomic E-state index is 14.1. The molecule has 1 heterocycles. The first-order valence-corrected chi connectivity index (χ1v) is 18.8. The predicted molar refractivity (Wildman–Crippen MR) is 207 cm³/mol. The maximum atomic E-state index is 14.1. The second-order valence-electron chi connectivity index (χ2n) is 13.7. The highest BCUT2D eigenvalue weighted by atomic mass is 127. The predicted octanol–water partition coefficient (Wildman–Crippen LogP) is 8.92. The Balaban J connectivity index is 1.38. The number of methoxy groups -OCH3 is 1. The van der Waals surface area contributed by atoms with Crippen molar-refractivity contribution in [2.24, 2.45) is 17.8 Å². The number of benzene rings is 4. The zero-order valence-electron chi connectivity index (χ0n) is 30.2. The van der Waals surface area contributed by atoms with Crippen LogP contribution in [-0.2, 0) is 21.9 Å². The van der Waals surface area contributed by atoms with Crippen LogP contribution in [0.25, 0.3) is 11.6 Å². The lowest BCUT2D eigenvalue weighted by Gasteiger charge is -2.36. The normalized spacial score (nSPS) is 19.5. The lowest BCUT2D eigenvalue weighted by Crippen LogP contribution is -2.40. The van der Waals surface area contributed by atoms with Crippen LogP contribution < -0.4 is 14.4 Å². The zero-order chi connectivity index (χ0) is 41.2. The summed E-state index contributed by atoms with van der Waals surface area (Å²) in [4.78, 5) is 28.4. The molecule has 2 amide bonds. The Kier molecular flexibility index (Phi) is 12.4. The molecule has 300 valence electrons. The number of nitrogens with zero attached hydrogens (tertiary/aromatic N) is 1. The average molecular weight is 908 g/mol. The number of phenols is 1. The van der Waals surface area contributed by atoms with Crippen molar-refractivity contribution in [1.82, 2.24) is 0 Å². The molecule has 0 saturated carbocycles. The molecule has 1 aliphatic carbocycles. The van der Waals surface area contributed by atoms with Gasteiger partial charge in [-0.15, -0.1) is 0 Å². The summed E-state index contributed by atoms with van der Waals surface area (Å²) in [6, 6.07) is 21.7. The molecule has 0 unspecified atom stereocenters. The molecule has 1 fully saturated rings. The minimum Gasteiger partial charge on any atom is -0.504 e. The molecule has 6 rings (SSSR count). The molecule has 0 spiro atoms. The van der Waals surface area contributed by atoms with E-state index in [4.69, 9.17) is 9.47 Å². The lowest BCUT2D eigenvalue weighted by molar-refractivity contribution is -0.143. The highest BCUT2D eigenvalue weighted by molar-refractivity contribution is 14.1. The number of phenolic OH excluding ortho intramolecular Hbond substituents is 1. The van der Waals surface area contributed by atoms with E-state index in [1.165, 1.54) is 7.11 Å². The van der Waals surface area contributed by atoms with Gasteiger partial charge in [0.05, 0.1) is 52.0 Å². The Hall–Kier alpha value is -4.87. The third-order valence-corrected chi connectivity index (χ3v) is 11.0. The molecular formula is C42H36F6INO7. The fraction of sp³-hybridized carbons (Fsp3) is 0.286. The second kappa shape index (κ2) is 16.9. The van der Waals surface area contributed by atoms with Crippen LogP contribution in [0.5, 0.6) is 17.2 Å². The Morgan fingerprint density at radius 3 is 2.11 bits per heavy atom. The van der Waals surface area contributed by atoms with Gasteiger partial charge in [0.2, 0.25) is 11.8 Å². The molecule has 15 heteroatoms. The summed E-state index contributed by atoms with van der Waals surface area (Å²) in [5.41, 5.74) is -1.48. The average Bonchev–Trinajstić information content (AvgIpc) is 3.44. The Labute approximate surface area is 337 Å². The van der Waals surface area contributed by atoms with Crippen molar-refractivity contribution in [2.45, 2.75) is 37.7 Å². The number of aliphatic hydroxyl groups excluding tert-OH is 2. The molecule has 0 radical (unpaired) electrons. The molecule has 2 aliphatic rings. The van der Waals surface area contributed by atoms with Crippen molar-refractivity contribution in [3.63, 3.8) is 0 Å².